The number of hydrogen-bond acceptors (Lipinski definition) is 5. The molecule has 0 aliphatic carbocycles. The van der Waals surface area contributed by atoms with Gasteiger partial charge in [0.2, 0.25) is 5.78 Å². The zero-order valence-electron chi connectivity index (χ0n) is 9.80. The summed E-state index contributed by atoms with van der Waals surface area (Å²) >= 11 is 0. The number of non-ortho nitro benzene ring substituents is 1. The van der Waals surface area contributed by atoms with E-state index >= 15 is 0 Å². The van der Waals surface area contributed by atoms with Gasteiger partial charge in [-0.05, 0) is 18.1 Å². The zero-order valence-corrected chi connectivity index (χ0v) is 9.80. The molecule has 0 saturated carbocycles. The van der Waals surface area contributed by atoms with Gasteiger partial charge in [0.25, 0.3) is 5.69 Å². The van der Waals surface area contributed by atoms with Gasteiger partial charge in [-0.1, -0.05) is 0 Å². The van der Waals surface area contributed by atoms with Gasteiger partial charge in [0.05, 0.1) is 10.8 Å². The first-order chi connectivity index (χ1) is 8.50. The van der Waals surface area contributed by atoms with Crippen LogP contribution >= 0.6 is 0 Å². The maximum Gasteiger partial charge on any atom is 0.269 e. The first kappa shape index (κ1) is 12.2. The highest BCUT2D eigenvalue weighted by atomic mass is 16.6. The van der Waals surface area contributed by atoms with Crippen LogP contribution in [0, 0.1) is 10.1 Å². The van der Waals surface area contributed by atoms with E-state index in [0.717, 1.165) is 0 Å². The average molecular weight is 248 g/mol. The fourth-order valence-electron chi connectivity index (χ4n) is 2.14. The van der Waals surface area contributed by atoms with E-state index in [4.69, 9.17) is 0 Å². The first-order valence-electron chi connectivity index (χ1n) is 5.57. The number of ketones is 2. The van der Waals surface area contributed by atoms with Crippen molar-refractivity contribution >= 4 is 22.9 Å². The predicted octanol–water partition coefficient (Wildman–Crippen LogP) is 1.65. The van der Waals surface area contributed by atoms with Gasteiger partial charge >= 0.3 is 0 Å². The van der Waals surface area contributed by atoms with Crippen LogP contribution in [-0.2, 0) is 9.59 Å². The number of anilines is 1. The van der Waals surface area contributed by atoms with Gasteiger partial charge in [0.15, 0.2) is 5.78 Å². The average Bonchev–Trinajstić information content (AvgIpc) is 2.36. The summed E-state index contributed by atoms with van der Waals surface area (Å²) in [6.45, 7) is 1.80. The Morgan fingerprint density at radius 3 is 2.78 bits per heavy atom. The molecule has 0 aromatic heterocycles. The van der Waals surface area contributed by atoms with Crippen LogP contribution in [0.15, 0.2) is 18.2 Å². The molecule has 1 aromatic carbocycles. The predicted molar refractivity (Wildman–Crippen MR) is 64.6 cm³/mol. The Bertz CT molecular complexity index is 539. The first-order valence-corrected chi connectivity index (χ1v) is 5.57. The molecule has 6 nitrogen and oxygen atoms in total. The van der Waals surface area contributed by atoms with Crippen LogP contribution in [0.4, 0.5) is 11.4 Å². The molecule has 18 heavy (non-hydrogen) atoms. The second-order valence-corrected chi connectivity index (χ2v) is 4.22. The Morgan fingerprint density at radius 1 is 1.44 bits per heavy atom. The number of carbonyl (C=O) groups excluding carboxylic acids is 2. The molecule has 1 aromatic rings. The van der Waals surface area contributed by atoms with Gasteiger partial charge in [0.1, 0.15) is 0 Å². The lowest BCUT2D eigenvalue weighted by Crippen LogP contribution is -2.26. The van der Waals surface area contributed by atoms with E-state index in [1.807, 2.05) is 0 Å². The molecular weight excluding hydrogens is 236 g/mol. The Balaban J connectivity index is 2.46. The van der Waals surface area contributed by atoms with Gasteiger partial charge in [-0.2, -0.15) is 0 Å². The Hall–Kier alpha value is -2.24. The van der Waals surface area contributed by atoms with E-state index in [0.29, 0.717) is 24.2 Å². The van der Waals surface area contributed by atoms with Crippen LogP contribution in [0.3, 0.4) is 0 Å². The van der Waals surface area contributed by atoms with E-state index in [9.17, 15) is 19.7 Å². The lowest BCUT2D eigenvalue weighted by atomic mass is 9.86. The third-order valence-electron chi connectivity index (χ3n) is 3.03. The molecule has 0 bridgehead atoms. The zero-order chi connectivity index (χ0) is 13.3. The maximum absolute atomic E-state index is 11.8. The number of nitrogens with zero attached hydrogens (tertiary/aromatic N) is 1. The number of fused-ring (bicyclic) bond motifs is 1. The molecule has 0 fully saturated rings. The van der Waals surface area contributed by atoms with E-state index in [-0.39, 0.29) is 5.69 Å². The SMILES string of the molecule is CC(=O)C(=O)C1CCNc2ccc([N+](=O)[O-])cc21. The van der Waals surface area contributed by atoms with Crippen molar-refractivity contribution in [2.45, 2.75) is 19.3 Å². The fourth-order valence-corrected chi connectivity index (χ4v) is 2.14. The maximum atomic E-state index is 11.8. The smallest absolute Gasteiger partial charge is 0.269 e. The lowest BCUT2D eigenvalue weighted by Gasteiger charge is -2.24. The number of Topliss-reactive ketones (excluding diaryl/α,β-unsaturated/α-hetero) is 2. The number of rotatable bonds is 3. The number of nitro groups is 1. The van der Waals surface area contributed by atoms with Crippen molar-refractivity contribution in [3.63, 3.8) is 0 Å². The molecule has 1 N–H and O–H groups in total. The molecule has 0 amide bonds. The molecule has 1 unspecified atom stereocenters. The minimum atomic E-state index is -0.571. The summed E-state index contributed by atoms with van der Waals surface area (Å²) < 4.78 is 0. The topological polar surface area (TPSA) is 89.3 Å². The van der Waals surface area contributed by atoms with E-state index in [1.165, 1.54) is 19.1 Å². The lowest BCUT2D eigenvalue weighted by molar-refractivity contribution is -0.384. The third-order valence-corrected chi connectivity index (χ3v) is 3.03. The van der Waals surface area contributed by atoms with Crippen molar-refractivity contribution in [1.29, 1.82) is 0 Å². The highest BCUT2D eigenvalue weighted by Gasteiger charge is 2.30. The summed E-state index contributed by atoms with van der Waals surface area (Å²) in [5, 5.41) is 13.8. The van der Waals surface area contributed by atoms with Crippen LogP contribution in [0.2, 0.25) is 0 Å². The van der Waals surface area contributed by atoms with Crippen molar-refractivity contribution in [3.8, 4) is 0 Å². The number of carbonyl (C=O) groups is 2. The summed E-state index contributed by atoms with van der Waals surface area (Å²) in [5.74, 6) is -1.57. The molecule has 1 aliphatic heterocycles. The minimum absolute atomic E-state index is 0.0706. The minimum Gasteiger partial charge on any atom is -0.385 e. The van der Waals surface area contributed by atoms with E-state index in [2.05, 4.69) is 5.32 Å². The quantitative estimate of drug-likeness (QED) is 0.499. The molecular formula is C12H12N2O4. The molecule has 1 heterocycles. The second kappa shape index (κ2) is 4.56. The second-order valence-electron chi connectivity index (χ2n) is 4.22. The molecule has 94 valence electrons. The number of benzene rings is 1. The van der Waals surface area contributed by atoms with Crippen LogP contribution in [0.1, 0.15) is 24.8 Å². The fraction of sp³-hybridized carbons (Fsp3) is 0.333. The monoisotopic (exact) mass is 248 g/mol. The van der Waals surface area contributed by atoms with Crippen molar-refractivity contribution in [2.75, 3.05) is 11.9 Å². The van der Waals surface area contributed by atoms with Crippen LogP contribution in [0.25, 0.3) is 0 Å². The largest absolute Gasteiger partial charge is 0.385 e. The normalized spacial score (nSPS) is 17.5. The summed E-state index contributed by atoms with van der Waals surface area (Å²) in [6.07, 6.45) is 0.479. The van der Waals surface area contributed by atoms with E-state index in [1.54, 1.807) is 6.07 Å². The molecule has 0 spiro atoms. The molecule has 6 heteroatoms. The van der Waals surface area contributed by atoms with Gasteiger partial charge in [-0.15, -0.1) is 0 Å². The van der Waals surface area contributed by atoms with Crippen molar-refractivity contribution in [1.82, 2.24) is 0 Å². The van der Waals surface area contributed by atoms with Gasteiger partial charge in [-0.3, -0.25) is 19.7 Å². The van der Waals surface area contributed by atoms with Crippen LogP contribution < -0.4 is 5.32 Å². The number of hydrogen-bond donors (Lipinski definition) is 1. The molecule has 1 aliphatic rings. The Kier molecular flexibility index (Phi) is 3.10. The molecule has 0 saturated heterocycles. The van der Waals surface area contributed by atoms with Crippen molar-refractivity contribution in [2.24, 2.45) is 0 Å². The summed E-state index contributed by atoms with van der Waals surface area (Å²) in [6, 6.07) is 4.33. The standard InChI is InChI=1S/C12H12N2O4/c1-7(15)12(16)9-4-5-13-11-3-2-8(14(17)18)6-10(9)11/h2-3,6,9,13H,4-5H2,1H3. The van der Waals surface area contributed by atoms with Crippen LogP contribution in [-0.4, -0.2) is 23.0 Å². The molecule has 0 radical (unpaired) electrons. The van der Waals surface area contributed by atoms with Crippen molar-refractivity contribution < 1.29 is 14.5 Å². The van der Waals surface area contributed by atoms with Gasteiger partial charge < -0.3 is 5.32 Å². The highest BCUT2D eigenvalue weighted by molar-refractivity contribution is 6.38. The Labute approximate surface area is 103 Å². The summed E-state index contributed by atoms with van der Waals surface area (Å²) in [4.78, 5) is 33.2. The van der Waals surface area contributed by atoms with E-state index < -0.39 is 22.4 Å². The summed E-state index contributed by atoms with van der Waals surface area (Å²) in [5.41, 5.74) is 1.15. The van der Waals surface area contributed by atoms with Gasteiger partial charge in [0, 0.05) is 31.3 Å². The molecule has 2 rings (SSSR count). The van der Waals surface area contributed by atoms with Gasteiger partial charge in [-0.25, -0.2) is 0 Å². The van der Waals surface area contributed by atoms with Crippen molar-refractivity contribution in [3.05, 3.63) is 33.9 Å². The highest BCUT2D eigenvalue weighted by Crippen LogP contribution is 2.34. The molecule has 1 atom stereocenters. The number of nitro benzene ring substituents is 1. The van der Waals surface area contributed by atoms with Crippen LogP contribution in [0.5, 0.6) is 0 Å². The summed E-state index contributed by atoms with van der Waals surface area (Å²) in [7, 11) is 0. The third kappa shape index (κ3) is 2.09. The number of nitrogens with one attached hydrogen (secondary N) is 1. The Morgan fingerprint density at radius 2 is 2.17 bits per heavy atom.